The first-order chi connectivity index (χ1) is 17.7. The van der Waals surface area contributed by atoms with E-state index in [9.17, 15) is 4.79 Å². The lowest BCUT2D eigenvalue weighted by atomic mass is 9.72. The van der Waals surface area contributed by atoms with E-state index in [4.69, 9.17) is 9.47 Å². The number of methoxy groups -OCH3 is 1. The van der Waals surface area contributed by atoms with Crippen LogP contribution in [0.25, 0.3) is 0 Å². The van der Waals surface area contributed by atoms with Gasteiger partial charge in [-0.3, -0.25) is 10.1 Å². The molecule has 1 aliphatic carbocycles. The standard InChI is InChI=1S/C31H45N3O3/c1-8-37-30(35)28-25(31(4,5)6)27(26(34-28)24-15-10-9-14-23(24)19(2)3)32-18-22-16-21(20-12-11-13-20)17-33-29(22)36-7/h9-10,14-17,19-20,25-28,32,34H,8,11-13,18H2,1-7H3/t25-,26-,27-,28-/m0/s1. The maximum Gasteiger partial charge on any atom is 0.323 e. The topological polar surface area (TPSA) is 72.5 Å². The van der Waals surface area contributed by atoms with Crippen molar-refractivity contribution in [1.82, 2.24) is 15.6 Å². The highest BCUT2D eigenvalue weighted by Gasteiger charge is 2.52. The van der Waals surface area contributed by atoms with Gasteiger partial charge < -0.3 is 14.8 Å². The summed E-state index contributed by atoms with van der Waals surface area (Å²) in [6, 6.07) is 10.4. The van der Waals surface area contributed by atoms with Crippen molar-refractivity contribution in [3.63, 3.8) is 0 Å². The van der Waals surface area contributed by atoms with Gasteiger partial charge in [0.25, 0.3) is 0 Å². The lowest BCUT2D eigenvalue weighted by Gasteiger charge is -2.36. The molecule has 2 heterocycles. The number of hydrogen-bond donors (Lipinski definition) is 2. The van der Waals surface area contributed by atoms with Gasteiger partial charge in [0.15, 0.2) is 0 Å². The molecular weight excluding hydrogens is 462 g/mol. The first-order valence-electron chi connectivity index (χ1n) is 13.9. The average molecular weight is 508 g/mol. The van der Waals surface area contributed by atoms with Crippen molar-refractivity contribution in [3.8, 4) is 5.88 Å². The lowest BCUT2D eigenvalue weighted by Crippen LogP contribution is -2.47. The van der Waals surface area contributed by atoms with Crippen LogP contribution in [0.4, 0.5) is 0 Å². The number of aromatic nitrogens is 1. The van der Waals surface area contributed by atoms with Crippen LogP contribution in [0.15, 0.2) is 36.5 Å². The normalized spacial score (nSPS) is 24.2. The summed E-state index contributed by atoms with van der Waals surface area (Å²) >= 11 is 0. The maximum absolute atomic E-state index is 13.2. The average Bonchev–Trinajstić information content (AvgIpc) is 3.22. The molecule has 1 aromatic carbocycles. The van der Waals surface area contributed by atoms with Gasteiger partial charge in [-0.05, 0) is 59.8 Å². The number of nitrogens with zero attached hydrogens (tertiary/aromatic N) is 1. The molecule has 2 N–H and O–H groups in total. The van der Waals surface area contributed by atoms with Crippen molar-refractivity contribution in [2.75, 3.05) is 13.7 Å². The quantitative estimate of drug-likeness (QED) is 0.413. The molecule has 2 aliphatic rings. The largest absolute Gasteiger partial charge is 0.481 e. The molecule has 1 saturated carbocycles. The highest BCUT2D eigenvalue weighted by atomic mass is 16.5. The molecule has 0 amide bonds. The van der Waals surface area contributed by atoms with E-state index in [1.54, 1.807) is 7.11 Å². The summed E-state index contributed by atoms with van der Waals surface area (Å²) in [5.74, 6) is 1.48. The van der Waals surface area contributed by atoms with Crippen molar-refractivity contribution in [2.45, 2.75) is 97.3 Å². The van der Waals surface area contributed by atoms with Gasteiger partial charge in [-0.2, -0.15) is 0 Å². The molecule has 0 unspecified atom stereocenters. The minimum atomic E-state index is -0.399. The summed E-state index contributed by atoms with van der Waals surface area (Å²) in [4.78, 5) is 17.9. The van der Waals surface area contributed by atoms with Gasteiger partial charge >= 0.3 is 5.97 Å². The molecule has 37 heavy (non-hydrogen) atoms. The van der Waals surface area contributed by atoms with Crippen LogP contribution in [-0.2, 0) is 16.1 Å². The van der Waals surface area contributed by atoms with Crippen LogP contribution in [0.5, 0.6) is 5.88 Å². The minimum Gasteiger partial charge on any atom is -0.481 e. The number of pyridine rings is 1. The highest BCUT2D eigenvalue weighted by Crippen LogP contribution is 2.44. The number of ether oxygens (including phenoxy) is 2. The number of hydrogen-bond acceptors (Lipinski definition) is 6. The number of carbonyl (C=O) groups is 1. The molecule has 1 aromatic heterocycles. The third kappa shape index (κ3) is 5.85. The van der Waals surface area contributed by atoms with Crippen molar-refractivity contribution >= 4 is 5.97 Å². The van der Waals surface area contributed by atoms with Gasteiger partial charge in [0.05, 0.1) is 13.7 Å². The van der Waals surface area contributed by atoms with Crippen LogP contribution in [0, 0.1) is 11.3 Å². The number of benzene rings is 1. The SMILES string of the molecule is CCOC(=O)[C@H]1N[C@@H](c2ccccc2C(C)C)[C@@H](NCc2cc(C3CCC3)cnc2OC)[C@@H]1C(C)(C)C. The molecule has 202 valence electrons. The molecule has 4 atom stereocenters. The fraction of sp³-hybridized carbons (Fsp3) is 0.613. The Hall–Kier alpha value is -2.44. The monoisotopic (exact) mass is 507 g/mol. The second kappa shape index (κ2) is 11.5. The zero-order chi connectivity index (χ0) is 26.7. The first kappa shape index (κ1) is 27.6. The third-order valence-electron chi connectivity index (χ3n) is 8.20. The van der Waals surface area contributed by atoms with E-state index in [-0.39, 0.29) is 29.4 Å². The predicted molar refractivity (Wildman–Crippen MR) is 148 cm³/mol. The van der Waals surface area contributed by atoms with Crippen molar-refractivity contribution in [3.05, 3.63) is 58.8 Å². The van der Waals surface area contributed by atoms with Crippen molar-refractivity contribution < 1.29 is 14.3 Å². The molecule has 6 nitrogen and oxygen atoms in total. The molecule has 2 aromatic rings. The predicted octanol–water partition coefficient (Wildman–Crippen LogP) is 5.88. The Labute approximate surface area is 222 Å². The fourth-order valence-corrected chi connectivity index (χ4v) is 6.17. The lowest BCUT2D eigenvalue weighted by molar-refractivity contribution is -0.147. The Bertz CT molecular complexity index is 1070. The summed E-state index contributed by atoms with van der Waals surface area (Å²) < 4.78 is 11.2. The summed E-state index contributed by atoms with van der Waals surface area (Å²) in [5, 5.41) is 7.61. The Kier molecular flexibility index (Phi) is 8.59. The van der Waals surface area contributed by atoms with Crippen LogP contribution < -0.4 is 15.4 Å². The summed E-state index contributed by atoms with van der Waals surface area (Å²) in [6.07, 6.45) is 5.72. The molecule has 4 rings (SSSR count). The van der Waals surface area contributed by atoms with Gasteiger partial charge in [0.2, 0.25) is 5.88 Å². The minimum absolute atomic E-state index is 0.00590. The van der Waals surface area contributed by atoms with E-state index >= 15 is 0 Å². The van der Waals surface area contributed by atoms with E-state index in [2.05, 4.69) is 80.6 Å². The number of nitrogens with one attached hydrogen (secondary N) is 2. The van der Waals surface area contributed by atoms with Crippen LogP contribution >= 0.6 is 0 Å². The Balaban J connectivity index is 1.72. The van der Waals surface area contributed by atoms with Gasteiger partial charge in [-0.15, -0.1) is 0 Å². The maximum atomic E-state index is 13.2. The molecule has 0 radical (unpaired) electrons. The van der Waals surface area contributed by atoms with E-state index in [1.165, 1.54) is 36.0 Å². The third-order valence-corrected chi connectivity index (χ3v) is 8.20. The number of esters is 1. The van der Waals surface area contributed by atoms with Gasteiger partial charge in [-0.1, -0.05) is 65.3 Å². The zero-order valence-electron chi connectivity index (χ0n) is 23.6. The van der Waals surface area contributed by atoms with Gasteiger partial charge in [-0.25, -0.2) is 4.98 Å². The molecular formula is C31H45N3O3. The van der Waals surface area contributed by atoms with E-state index in [0.29, 0.717) is 30.9 Å². The Morgan fingerprint density at radius 2 is 1.95 bits per heavy atom. The van der Waals surface area contributed by atoms with Crippen LogP contribution in [0.3, 0.4) is 0 Å². The fourth-order valence-electron chi connectivity index (χ4n) is 6.17. The summed E-state index contributed by atoms with van der Waals surface area (Å²) in [6.45, 7) is 14.0. The Morgan fingerprint density at radius 3 is 2.54 bits per heavy atom. The van der Waals surface area contributed by atoms with E-state index in [1.807, 2.05) is 13.1 Å². The number of rotatable bonds is 9. The number of carbonyl (C=O) groups excluding carboxylic acids is 1. The molecule has 1 saturated heterocycles. The van der Waals surface area contributed by atoms with Crippen LogP contribution in [0.1, 0.15) is 101 Å². The molecule has 1 aliphatic heterocycles. The van der Waals surface area contributed by atoms with Crippen molar-refractivity contribution in [1.29, 1.82) is 0 Å². The molecule has 2 fully saturated rings. The highest BCUT2D eigenvalue weighted by molar-refractivity contribution is 5.77. The Morgan fingerprint density at radius 1 is 1.22 bits per heavy atom. The summed E-state index contributed by atoms with van der Waals surface area (Å²) in [7, 11) is 1.68. The summed E-state index contributed by atoms with van der Waals surface area (Å²) in [5.41, 5.74) is 4.76. The second-order valence-corrected chi connectivity index (χ2v) is 12.0. The van der Waals surface area contributed by atoms with Crippen LogP contribution in [0.2, 0.25) is 0 Å². The van der Waals surface area contributed by atoms with Gasteiger partial charge in [0, 0.05) is 36.3 Å². The molecule has 6 heteroatoms. The molecule has 0 bridgehead atoms. The van der Waals surface area contributed by atoms with Crippen molar-refractivity contribution in [2.24, 2.45) is 11.3 Å². The van der Waals surface area contributed by atoms with Crippen LogP contribution in [-0.4, -0.2) is 36.8 Å². The second-order valence-electron chi connectivity index (χ2n) is 12.0. The first-order valence-corrected chi connectivity index (χ1v) is 13.9. The van der Waals surface area contributed by atoms with E-state index < -0.39 is 6.04 Å². The zero-order valence-corrected chi connectivity index (χ0v) is 23.6. The van der Waals surface area contributed by atoms with Gasteiger partial charge in [0.1, 0.15) is 6.04 Å². The molecule has 0 spiro atoms. The van der Waals surface area contributed by atoms with E-state index in [0.717, 1.165) is 5.56 Å². The smallest absolute Gasteiger partial charge is 0.323 e.